The van der Waals surface area contributed by atoms with Crippen LogP contribution in [0.15, 0.2) is 23.1 Å². The molecule has 18 heavy (non-hydrogen) atoms. The number of nitrogens with one attached hydrogen (secondary N) is 1. The van der Waals surface area contributed by atoms with Crippen molar-refractivity contribution >= 4 is 21.2 Å². The molecule has 8 heteroatoms. The van der Waals surface area contributed by atoms with Crippen molar-refractivity contribution in [2.75, 3.05) is 24.7 Å². The third-order valence-corrected chi connectivity index (χ3v) is 3.40. The van der Waals surface area contributed by atoms with E-state index < -0.39 is 14.8 Å². The first-order chi connectivity index (χ1) is 8.36. The summed E-state index contributed by atoms with van der Waals surface area (Å²) in [6.45, 7) is 0.970. The molecule has 0 atom stereocenters. The van der Waals surface area contributed by atoms with E-state index >= 15 is 0 Å². The maximum Gasteiger partial charge on any atom is 0.293 e. The van der Waals surface area contributed by atoms with Gasteiger partial charge in [0.1, 0.15) is 5.69 Å². The zero-order valence-corrected chi connectivity index (χ0v) is 10.7. The van der Waals surface area contributed by atoms with Gasteiger partial charge in [0.05, 0.1) is 9.82 Å². The van der Waals surface area contributed by atoms with Crippen LogP contribution in [0.1, 0.15) is 6.42 Å². The van der Waals surface area contributed by atoms with Gasteiger partial charge in [-0.25, -0.2) is 8.42 Å². The zero-order chi connectivity index (χ0) is 13.8. The third-order valence-electron chi connectivity index (χ3n) is 2.29. The lowest BCUT2D eigenvalue weighted by molar-refractivity contribution is -0.384. The van der Waals surface area contributed by atoms with Crippen molar-refractivity contribution in [1.29, 1.82) is 0 Å². The zero-order valence-electron chi connectivity index (χ0n) is 9.92. The Balaban J connectivity index is 3.09. The summed E-state index contributed by atoms with van der Waals surface area (Å²) in [5, 5.41) is 13.7. The number of sulfone groups is 1. The lowest BCUT2D eigenvalue weighted by Gasteiger charge is -2.07. The number of nitro benzene ring substituents is 1. The van der Waals surface area contributed by atoms with Crippen molar-refractivity contribution in [2.45, 2.75) is 11.3 Å². The van der Waals surface area contributed by atoms with E-state index in [4.69, 9.17) is 5.73 Å². The molecule has 0 saturated heterocycles. The molecule has 0 aliphatic carbocycles. The summed E-state index contributed by atoms with van der Waals surface area (Å²) >= 11 is 0. The van der Waals surface area contributed by atoms with Crippen LogP contribution in [0.5, 0.6) is 0 Å². The van der Waals surface area contributed by atoms with Crippen molar-refractivity contribution < 1.29 is 13.3 Å². The summed E-state index contributed by atoms with van der Waals surface area (Å²) in [6, 6.07) is 3.79. The number of nitrogens with two attached hydrogens (primary N) is 1. The minimum Gasteiger partial charge on any atom is -0.379 e. The van der Waals surface area contributed by atoms with Crippen LogP contribution in [0.3, 0.4) is 0 Å². The van der Waals surface area contributed by atoms with E-state index in [9.17, 15) is 18.5 Å². The van der Waals surface area contributed by atoms with Crippen LogP contribution in [0.25, 0.3) is 0 Å². The third kappa shape index (κ3) is 3.67. The molecule has 1 rings (SSSR count). The maximum atomic E-state index is 11.3. The Morgan fingerprint density at radius 3 is 2.61 bits per heavy atom. The van der Waals surface area contributed by atoms with Crippen molar-refractivity contribution in [3.63, 3.8) is 0 Å². The first-order valence-electron chi connectivity index (χ1n) is 5.28. The highest BCUT2D eigenvalue weighted by Gasteiger charge is 2.18. The Morgan fingerprint density at radius 2 is 2.11 bits per heavy atom. The Morgan fingerprint density at radius 1 is 1.44 bits per heavy atom. The number of nitrogens with zero attached hydrogens (tertiary/aromatic N) is 1. The van der Waals surface area contributed by atoms with E-state index in [0.717, 1.165) is 12.3 Å². The number of hydrogen-bond acceptors (Lipinski definition) is 6. The second-order valence-electron chi connectivity index (χ2n) is 3.78. The molecule has 0 amide bonds. The molecule has 0 saturated carbocycles. The molecule has 100 valence electrons. The van der Waals surface area contributed by atoms with Gasteiger partial charge in [-0.1, -0.05) is 0 Å². The van der Waals surface area contributed by atoms with Crippen molar-refractivity contribution in [3.05, 3.63) is 28.3 Å². The van der Waals surface area contributed by atoms with Crippen LogP contribution in [0.2, 0.25) is 0 Å². The highest BCUT2D eigenvalue weighted by Crippen LogP contribution is 2.27. The fourth-order valence-corrected chi connectivity index (χ4v) is 2.01. The van der Waals surface area contributed by atoms with Gasteiger partial charge in [0.25, 0.3) is 5.69 Å². The molecule has 0 bridgehead atoms. The van der Waals surface area contributed by atoms with E-state index in [2.05, 4.69) is 5.32 Å². The quantitative estimate of drug-likeness (QED) is 0.449. The largest absolute Gasteiger partial charge is 0.379 e. The number of nitro groups is 1. The normalized spacial score (nSPS) is 11.2. The molecular formula is C10H15N3O4S. The van der Waals surface area contributed by atoms with Gasteiger partial charge in [-0.05, 0) is 25.1 Å². The van der Waals surface area contributed by atoms with Crippen LogP contribution in [-0.4, -0.2) is 32.7 Å². The summed E-state index contributed by atoms with van der Waals surface area (Å²) in [6.07, 6.45) is 1.68. The van der Waals surface area contributed by atoms with Crippen LogP contribution in [-0.2, 0) is 9.84 Å². The predicted octanol–water partition coefficient (Wildman–Crippen LogP) is 0.759. The molecule has 3 N–H and O–H groups in total. The Hall–Kier alpha value is -1.67. The lowest BCUT2D eigenvalue weighted by atomic mass is 10.2. The second kappa shape index (κ2) is 5.78. The van der Waals surface area contributed by atoms with Gasteiger partial charge >= 0.3 is 0 Å². The van der Waals surface area contributed by atoms with E-state index in [0.29, 0.717) is 25.2 Å². The van der Waals surface area contributed by atoms with Crippen molar-refractivity contribution in [2.24, 2.45) is 5.73 Å². The smallest absolute Gasteiger partial charge is 0.293 e. The monoisotopic (exact) mass is 273 g/mol. The van der Waals surface area contributed by atoms with Gasteiger partial charge < -0.3 is 11.1 Å². The minimum atomic E-state index is -3.45. The van der Waals surface area contributed by atoms with Crippen molar-refractivity contribution in [1.82, 2.24) is 0 Å². The van der Waals surface area contributed by atoms with E-state index in [1.54, 1.807) is 0 Å². The topological polar surface area (TPSA) is 115 Å². The molecule has 1 aromatic carbocycles. The van der Waals surface area contributed by atoms with Crippen LogP contribution in [0, 0.1) is 10.1 Å². The molecule has 0 fully saturated rings. The molecular weight excluding hydrogens is 258 g/mol. The summed E-state index contributed by atoms with van der Waals surface area (Å²) in [5.41, 5.74) is 5.36. The fraction of sp³-hybridized carbons (Fsp3) is 0.400. The summed E-state index contributed by atoms with van der Waals surface area (Å²) in [4.78, 5) is 10.2. The van der Waals surface area contributed by atoms with E-state index in [1.807, 2.05) is 0 Å². The summed E-state index contributed by atoms with van der Waals surface area (Å²) < 4.78 is 22.6. The molecule has 7 nitrogen and oxygen atoms in total. The Labute approximate surface area is 105 Å². The Kier molecular flexibility index (Phi) is 4.62. The first kappa shape index (κ1) is 14.4. The lowest BCUT2D eigenvalue weighted by Crippen LogP contribution is -2.10. The highest BCUT2D eigenvalue weighted by molar-refractivity contribution is 7.90. The number of anilines is 1. The van der Waals surface area contributed by atoms with Gasteiger partial charge in [-0.3, -0.25) is 10.1 Å². The van der Waals surface area contributed by atoms with Crippen LogP contribution < -0.4 is 11.1 Å². The summed E-state index contributed by atoms with van der Waals surface area (Å²) in [5.74, 6) is 0. The molecule has 0 unspecified atom stereocenters. The standard InChI is InChI=1S/C10H15N3O4S/c1-18(16,17)8-3-4-9(12-6-2-5-11)10(7-8)13(14)15/h3-4,7,12H,2,5-6,11H2,1H3. The molecule has 1 aromatic rings. The minimum absolute atomic E-state index is 0.0708. The second-order valence-corrected chi connectivity index (χ2v) is 5.79. The SMILES string of the molecule is CS(=O)(=O)c1ccc(NCCCN)c([N+](=O)[O-])c1. The molecule has 0 aliphatic rings. The first-order valence-corrected chi connectivity index (χ1v) is 7.18. The number of benzene rings is 1. The average molecular weight is 273 g/mol. The molecule has 0 aliphatic heterocycles. The van der Waals surface area contributed by atoms with E-state index in [-0.39, 0.29) is 10.6 Å². The van der Waals surface area contributed by atoms with Gasteiger partial charge in [0.2, 0.25) is 0 Å². The van der Waals surface area contributed by atoms with Crippen LogP contribution in [0.4, 0.5) is 11.4 Å². The van der Waals surface area contributed by atoms with Gasteiger partial charge in [0, 0.05) is 18.9 Å². The molecule has 0 aromatic heterocycles. The maximum absolute atomic E-state index is 11.3. The van der Waals surface area contributed by atoms with Gasteiger partial charge in [0.15, 0.2) is 9.84 Å². The van der Waals surface area contributed by atoms with Gasteiger partial charge in [-0.2, -0.15) is 0 Å². The summed E-state index contributed by atoms with van der Waals surface area (Å²) in [7, 11) is -3.45. The molecule has 0 spiro atoms. The number of hydrogen-bond donors (Lipinski definition) is 2. The molecule has 0 heterocycles. The number of rotatable bonds is 6. The molecule has 0 radical (unpaired) electrons. The predicted molar refractivity (Wildman–Crippen MR) is 68.4 cm³/mol. The van der Waals surface area contributed by atoms with Crippen LogP contribution >= 0.6 is 0 Å². The average Bonchev–Trinajstić information content (AvgIpc) is 2.28. The van der Waals surface area contributed by atoms with E-state index in [1.165, 1.54) is 12.1 Å². The van der Waals surface area contributed by atoms with Crippen molar-refractivity contribution in [3.8, 4) is 0 Å². The van der Waals surface area contributed by atoms with Gasteiger partial charge in [-0.15, -0.1) is 0 Å². The highest BCUT2D eigenvalue weighted by atomic mass is 32.2. The Bertz CT molecular complexity index is 542. The fourth-order valence-electron chi connectivity index (χ4n) is 1.37.